The molecule has 0 radical (unpaired) electrons. The van der Waals surface area contributed by atoms with Gasteiger partial charge in [-0.1, -0.05) is 60.7 Å². The van der Waals surface area contributed by atoms with Crippen LogP contribution in [0.1, 0.15) is 43.2 Å². The number of hydrogen-bond donors (Lipinski definition) is 3. The zero-order chi connectivity index (χ0) is 27.5. The Bertz CT molecular complexity index is 1270. The van der Waals surface area contributed by atoms with Crippen molar-refractivity contribution < 1.29 is 24.2 Å². The van der Waals surface area contributed by atoms with Gasteiger partial charge in [-0.15, -0.1) is 0 Å². The van der Waals surface area contributed by atoms with E-state index in [-0.39, 0.29) is 44.0 Å². The Morgan fingerprint density at radius 3 is 2.67 bits per heavy atom. The number of para-hydroxylation sites is 1. The van der Waals surface area contributed by atoms with Crippen LogP contribution in [0.4, 0.5) is 0 Å². The minimum absolute atomic E-state index is 0.0165. The van der Waals surface area contributed by atoms with Crippen molar-refractivity contribution in [2.45, 2.75) is 51.1 Å². The second-order valence-electron chi connectivity index (χ2n) is 9.98. The molecule has 8 nitrogen and oxygen atoms in total. The molecule has 206 valence electrons. The molecule has 3 aromatic rings. The Morgan fingerprint density at radius 1 is 1.05 bits per heavy atom. The zero-order valence-corrected chi connectivity index (χ0v) is 22.2. The van der Waals surface area contributed by atoms with Gasteiger partial charge in [-0.05, 0) is 42.9 Å². The number of allylic oxidation sites excluding steroid dienone is 2. The Balaban J connectivity index is 1.51. The number of ether oxygens (including phenoxy) is 1. The van der Waals surface area contributed by atoms with Crippen LogP contribution in [0.2, 0.25) is 0 Å². The zero-order valence-electron chi connectivity index (χ0n) is 22.2. The van der Waals surface area contributed by atoms with Gasteiger partial charge in [0.1, 0.15) is 6.61 Å². The molecule has 0 saturated heterocycles. The third-order valence-electron chi connectivity index (χ3n) is 7.00. The Kier molecular flexibility index (Phi) is 10.3. The number of aliphatic hydroxyl groups excluding tert-OH is 1. The van der Waals surface area contributed by atoms with Crippen LogP contribution in [0, 0.1) is 5.92 Å². The highest BCUT2D eigenvalue weighted by Gasteiger charge is 2.27. The summed E-state index contributed by atoms with van der Waals surface area (Å²) in [6.45, 7) is 0.455. The van der Waals surface area contributed by atoms with Gasteiger partial charge in [-0.3, -0.25) is 14.4 Å². The molecule has 2 atom stereocenters. The summed E-state index contributed by atoms with van der Waals surface area (Å²) in [5, 5.41) is 13.7. The molecule has 0 unspecified atom stereocenters. The number of aromatic nitrogens is 1. The average molecular weight is 532 g/mol. The van der Waals surface area contributed by atoms with E-state index in [2.05, 4.69) is 10.3 Å². The molecular weight excluding hydrogens is 494 g/mol. The van der Waals surface area contributed by atoms with Crippen molar-refractivity contribution in [3.63, 3.8) is 0 Å². The lowest BCUT2D eigenvalue weighted by Crippen LogP contribution is -2.44. The number of nitrogens with zero attached hydrogens (tertiary/aromatic N) is 1. The van der Waals surface area contributed by atoms with Crippen LogP contribution in [-0.4, -0.2) is 58.6 Å². The lowest BCUT2D eigenvalue weighted by Gasteiger charge is -2.26. The monoisotopic (exact) mass is 531 g/mol. The first kappa shape index (κ1) is 28.1. The Labute approximate surface area is 229 Å². The normalized spacial score (nSPS) is 18.9. The second-order valence-corrected chi connectivity index (χ2v) is 9.98. The number of rotatable bonds is 8. The minimum Gasteiger partial charge on any atom is -0.463 e. The number of amides is 2. The number of H-pyrrole nitrogens is 1. The largest absolute Gasteiger partial charge is 0.463 e. The van der Waals surface area contributed by atoms with E-state index in [0.29, 0.717) is 38.6 Å². The summed E-state index contributed by atoms with van der Waals surface area (Å²) in [5.74, 6) is -1.32. The van der Waals surface area contributed by atoms with Crippen LogP contribution in [-0.2, 0) is 32.1 Å². The van der Waals surface area contributed by atoms with Crippen LogP contribution in [0.25, 0.3) is 10.9 Å². The maximum atomic E-state index is 13.6. The van der Waals surface area contributed by atoms with E-state index in [4.69, 9.17) is 4.74 Å². The average Bonchev–Trinajstić information content (AvgIpc) is 3.35. The van der Waals surface area contributed by atoms with Gasteiger partial charge >= 0.3 is 5.97 Å². The predicted molar refractivity (Wildman–Crippen MR) is 150 cm³/mol. The van der Waals surface area contributed by atoms with Gasteiger partial charge in [0.15, 0.2) is 0 Å². The van der Waals surface area contributed by atoms with Crippen molar-refractivity contribution in [3.8, 4) is 0 Å². The van der Waals surface area contributed by atoms with Crippen molar-refractivity contribution in [3.05, 3.63) is 84.1 Å². The third-order valence-corrected chi connectivity index (χ3v) is 7.00. The molecule has 1 aliphatic rings. The van der Waals surface area contributed by atoms with E-state index >= 15 is 0 Å². The van der Waals surface area contributed by atoms with Gasteiger partial charge in [0.05, 0.1) is 18.6 Å². The summed E-state index contributed by atoms with van der Waals surface area (Å²) >= 11 is 0. The van der Waals surface area contributed by atoms with Crippen LogP contribution in [0.15, 0.2) is 72.9 Å². The number of benzene rings is 2. The topological polar surface area (TPSA) is 112 Å². The fourth-order valence-electron chi connectivity index (χ4n) is 4.88. The molecule has 2 heterocycles. The molecule has 2 aromatic carbocycles. The van der Waals surface area contributed by atoms with Crippen molar-refractivity contribution >= 4 is 28.7 Å². The third kappa shape index (κ3) is 8.29. The molecule has 0 fully saturated rings. The predicted octanol–water partition coefficient (Wildman–Crippen LogP) is 3.90. The summed E-state index contributed by atoms with van der Waals surface area (Å²) in [5.41, 5.74) is 2.97. The van der Waals surface area contributed by atoms with E-state index in [1.54, 1.807) is 4.90 Å². The molecule has 0 aliphatic carbocycles. The Morgan fingerprint density at radius 2 is 1.85 bits per heavy atom. The lowest BCUT2D eigenvalue weighted by atomic mass is 9.97. The molecule has 0 spiro atoms. The fourth-order valence-corrected chi connectivity index (χ4v) is 4.88. The van der Waals surface area contributed by atoms with Crippen molar-refractivity contribution in [1.82, 2.24) is 15.2 Å². The number of aliphatic hydroxyl groups is 1. The first-order valence-corrected chi connectivity index (χ1v) is 13.6. The van der Waals surface area contributed by atoms with Crippen molar-refractivity contribution in [1.29, 1.82) is 0 Å². The molecule has 1 aliphatic heterocycles. The minimum atomic E-state index is -0.590. The summed E-state index contributed by atoms with van der Waals surface area (Å²) in [4.78, 5) is 44.0. The molecular formula is C31H37N3O5. The first-order chi connectivity index (χ1) is 19.0. The number of nitrogens with one attached hydrogen (secondary N) is 2. The number of carbonyl (C=O) groups excluding carboxylic acids is 3. The fraction of sp³-hybridized carbons (Fsp3) is 0.387. The summed E-state index contributed by atoms with van der Waals surface area (Å²) < 4.78 is 5.54. The standard InChI is InChI=1S/C31H37N3O5/c35-17-16-34(21-23-10-4-3-5-11-23)29(36)19-24-12-6-1-2-7-15-30(37)39-22-26(33-31(24)38)18-25-20-32-28-14-9-8-13-27(25)28/h1,3-6,8-11,13-14,20,24,26,32,35H,2,7,12,15-19,21-22H2,(H,33,38)/t24-,26+/m1/s1. The molecule has 3 N–H and O–H groups in total. The van der Waals surface area contributed by atoms with Gasteiger partial charge in [-0.25, -0.2) is 0 Å². The van der Waals surface area contributed by atoms with Gasteiger partial charge in [0.25, 0.3) is 0 Å². The van der Waals surface area contributed by atoms with E-state index in [9.17, 15) is 19.5 Å². The van der Waals surface area contributed by atoms with Gasteiger partial charge in [0.2, 0.25) is 11.8 Å². The maximum Gasteiger partial charge on any atom is 0.305 e. The van der Waals surface area contributed by atoms with E-state index in [1.165, 1.54) is 0 Å². The lowest BCUT2D eigenvalue weighted by molar-refractivity contribution is -0.145. The quantitative estimate of drug-likeness (QED) is 0.302. The number of aromatic amines is 1. The highest BCUT2D eigenvalue weighted by Crippen LogP contribution is 2.21. The molecule has 0 saturated carbocycles. The SMILES string of the molecule is O=C1CCCC=CC[C@H](CC(=O)N(CCO)Cc2ccccc2)C(=O)N[C@@H](Cc2c[nH]c3ccccc23)CO1. The molecule has 0 bridgehead atoms. The highest BCUT2D eigenvalue weighted by molar-refractivity contribution is 5.86. The molecule has 4 rings (SSSR count). The van der Waals surface area contributed by atoms with Gasteiger partial charge < -0.3 is 25.0 Å². The molecule has 1 aromatic heterocycles. The number of fused-ring (bicyclic) bond motifs is 1. The van der Waals surface area contributed by atoms with Crippen LogP contribution in [0.5, 0.6) is 0 Å². The van der Waals surface area contributed by atoms with Crippen molar-refractivity contribution in [2.24, 2.45) is 5.92 Å². The number of hydrogen-bond acceptors (Lipinski definition) is 5. The molecule has 39 heavy (non-hydrogen) atoms. The number of esters is 1. The van der Waals surface area contributed by atoms with E-state index < -0.39 is 12.0 Å². The van der Waals surface area contributed by atoms with Crippen LogP contribution >= 0.6 is 0 Å². The van der Waals surface area contributed by atoms with Crippen LogP contribution in [0.3, 0.4) is 0 Å². The van der Waals surface area contributed by atoms with Gasteiger partial charge in [0, 0.05) is 43.0 Å². The van der Waals surface area contributed by atoms with E-state index in [1.807, 2.05) is 72.9 Å². The second kappa shape index (κ2) is 14.3. The summed E-state index contributed by atoms with van der Waals surface area (Å²) in [6.07, 6.45) is 8.36. The Hall–Kier alpha value is -3.91. The molecule has 2 amide bonds. The first-order valence-electron chi connectivity index (χ1n) is 13.6. The summed E-state index contributed by atoms with van der Waals surface area (Å²) in [7, 11) is 0. The van der Waals surface area contributed by atoms with Crippen molar-refractivity contribution in [2.75, 3.05) is 19.8 Å². The van der Waals surface area contributed by atoms with Crippen LogP contribution < -0.4 is 5.32 Å². The highest BCUT2D eigenvalue weighted by atomic mass is 16.5. The summed E-state index contributed by atoms with van der Waals surface area (Å²) in [6, 6.07) is 17.1. The van der Waals surface area contributed by atoms with Gasteiger partial charge in [-0.2, -0.15) is 0 Å². The van der Waals surface area contributed by atoms with E-state index in [0.717, 1.165) is 22.0 Å². The smallest absolute Gasteiger partial charge is 0.305 e. The molecule has 8 heteroatoms. The number of carbonyl (C=O) groups is 3. The number of cyclic esters (lactones) is 1. The maximum absolute atomic E-state index is 13.6.